The van der Waals surface area contributed by atoms with Gasteiger partial charge in [-0.15, -0.1) is 0 Å². The van der Waals surface area contributed by atoms with E-state index in [1.165, 1.54) is 0 Å². The number of benzene rings is 1. The largest absolute Gasteiger partial charge is 0.505 e. The summed E-state index contributed by atoms with van der Waals surface area (Å²) in [6.07, 6.45) is 1.64. The fraction of sp³-hybridized carbons (Fsp3) is 0.409. The molecule has 2 aromatic heterocycles. The molecule has 1 aliphatic rings. The molecule has 4 rings (SSSR count). The van der Waals surface area contributed by atoms with E-state index >= 15 is 0 Å². The third-order valence-corrected chi connectivity index (χ3v) is 5.81. The zero-order valence-corrected chi connectivity index (χ0v) is 19.1. The van der Waals surface area contributed by atoms with E-state index in [-0.39, 0.29) is 28.7 Å². The number of furan rings is 1. The molecule has 1 aromatic carbocycles. The van der Waals surface area contributed by atoms with Gasteiger partial charge in [-0.3, -0.25) is 4.79 Å². The van der Waals surface area contributed by atoms with Crippen LogP contribution in [0.2, 0.25) is 0 Å². The molecule has 0 bridgehead atoms. The summed E-state index contributed by atoms with van der Waals surface area (Å²) in [5, 5.41) is 17.3. The number of para-hydroxylation sites is 1. The highest BCUT2D eigenvalue weighted by Gasteiger charge is 2.30. The number of ether oxygens (including phenoxy) is 1. The van der Waals surface area contributed by atoms with Crippen molar-refractivity contribution in [2.75, 3.05) is 36.9 Å². The van der Waals surface area contributed by atoms with Gasteiger partial charge in [-0.1, -0.05) is 26.8 Å². The van der Waals surface area contributed by atoms with E-state index in [2.05, 4.69) is 40.2 Å². The highest BCUT2D eigenvalue weighted by atomic mass is 32.1. The first-order valence-electron chi connectivity index (χ1n) is 10.4. The average Bonchev–Trinajstić information content (AvgIpc) is 3.45. The van der Waals surface area contributed by atoms with Crippen LogP contribution in [0.3, 0.4) is 0 Å². The Morgan fingerprint density at radius 2 is 1.91 bits per heavy atom. The number of morpholine rings is 1. The molecule has 3 N–H and O–H groups in total. The number of phenols is 1. The van der Waals surface area contributed by atoms with Crippen LogP contribution in [-0.2, 0) is 4.74 Å². The van der Waals surface area contributed by atoms with E-state index in [1.54, 1.807) is 29.4 Å². The van der Waals surface area contributed by atoms with E-state index in [1.807, 2.05) is 12.1 Å². The van der Waals surface area contributed by atoms with Crippen molar-refractivity contribution in [3.8, 4) is 5.75 Å². The minimum Gasteiger partial charge on any atom is -0.505 e. The predicted octanol–water partition coefficient (Wildman–Crippen LogP) is 4.25. The van der Waals surface area contributed by atoms with E-state index in [0.717, 1.165) is 17.5 Å². The lowest BCUT2D eigenvalue weighted by molar-refractivity contribution is 0.0301. The Balaban J connectivity index is 1.56. The number of carbonyl (C=O) groups excluding carboxylic acids is 1. The van der Waals surface area contributed by atoms with E-state index in [0.29, 0.717) is 43.6 Å². The van der Waals surface area contributed by atoms with Gasteiger partial charge in [0, 0.05) is 13.1 Å². The molecule has 1 saturated heterocycles. The molecule has 1 fully saturated rings. The number of aromatic nitrogens is 2. The monoisotopic (exact) mass is 457 g/mol. The summed E-state index contributed by atoms with van der Waals surface area (Å²) in [5.74, 6) is 1.44. The van der Waals surface area contributed by atoms with Crippen molar-refractivity contribution in [3.05, 3.63) is 47.9 Å². The Morgan fingerprint density at radius 1 is 1.16 bits per heavy atom. The summed E-state index contributed by atoms with van der Waals surface area (Å²) in [6, 6.07) is 8.66. The van der Waals surface area contributed by atoms with Gasteiger partial charge < -0.3 is 29.8 Å². The predicted molar refractivity (Wildman–Crippen MR) is 123 cm³/mol. The van der Waals surface area contributed by atoms with Gasteiger partial charge in [0.05, 0.1) is 48.5 Å². The molecule has 1 aliphatic heterocycles. The van der Waals surface area contributed by atoms with Crippen LogP contribution in [-0.4, -0.2) is 51.0 Å². The smallest absolute Gasteiger partial charge is 0.257 e. The normalized spacial score (nSPS) is 15.4. The van der Waals surface area contributed by atoms with Crippen LogP contribution in [0.5, 0.6) is 5.75 Å². The number of anilines is 3. The Hall–Kier alpha value is -3.11. The maximum absolute atomic E-state index is 12.9. The maximum Gasteiger partial charge on any atom is 0.257 e. The number of hydrogen-bond acceptors (Lipinski definition) is 9. The van der Waals surface area contributed by atoms with Crippen molar-refractivity contribution in [1.29, 1.82) is 0 Å². The van der Waals surface area contributed by atoms with Crippen LogP contribution < -0.4 is 10.6 Å². The molecule has 10 heteroatoms. The summed E-state index contributed by atoms with van der Waals surface area (Å²) in [4.78, 5) is 14.5. The standard InChI is InChI=1S/C22H27N5O4S/c1-22(2,3)18(16-8-5-11-31-16)24-20-19(25-32-26-20)23-15-7-4-6-14(17(15)28)21(29)27-9-12-30-13-10-27/h4-8,11,18,28H,9-10,12-13H2,1-3H3,(H,23,25)(H,24,26)/t18-/m0/s1. The maximum atomic E-state index is 12.9. The molecule has 0 saturated carbocycles. The van der Waals surface area contributed by atoms with Crippen LogP contribution in [0, 0.1) is 5.41 Å². The molecule has 0 spiro atoms. The van der Waals surface area contributed by atoms with Crippen molar-refractivity contribution in [1.82, 2.24) is 13.6 Å². The van der Waals surface area contributed by atoms with Gasteiger partial charge in [0.1, 0.15) is 5.76 Å². The van der Waals surface area contributed by atoms with Crippen molar-refractivity contribution < 1.29 is 19.1 Å². The molecule has 9 nitrogen and oxygen atoms in total. The Labute approximate surface area is 190 Å². The number of phenolic OH excluding ortho intramolecular Hbond substituents is 1. The highest BCUT2D eigenvalue weighted by molar-refractivity contribution is 6.99. The fourth-order valence-electron chi connectivity index (χ4n) is 3.55. The number of nitrogens with zero attached hydrogens (tertiary/aromatic N) is 3. The van der Waals surface area contributed by atoms with Crippen LogP contribution in [0.4, 0.5) is 17.3 Å². The molecule has 1 atom stereocenters. The number of nitrogens with one attached hydrogen (secondary N) is 2. The summed E-state index contributed by atoms with van der Waals surface area (Å²) < 4.78 is 19.7. The molecular weight excluding hydrogens is 430 g/mol. The first-order valence-corrected chi connectivity index (χ1v) is 11.2. The van der Waals surface area contributed by atoms with Crippen molar-refractivity contribution >= 4 is 35.0 Å². The molecule has 3 heterocycles. The highest BCUT2D eigenvalue weighted by Crippen LogP contribution is 2.39. The molecule has 3 aromatic rings. The quantitative estimate of drug-likeness (QED) is 0.471. The lowest BCUT2D eigenvalue weighted by atomic mass is 9.85. The molecule has 170 valence electrons. The lowest BCUT2D eigenvalue weighted by Gasteiger charge is -2.30. The molecular formula is C22H27N5O4S. The van der Waals surface area contributed by atoms with Crippen molar-refractivity contribution in [3.63, 3.8) is 0 Å². The summed E-state index contributed by atoms with van der Waals surface area (Å²) in [6.45, 7) is 8.30. The second-order valence-corrected chi connectivity index (χ2v) is 9.18. The molecule has 1 amide bonds. The molecule has 0 radical (unpaired) electrons. The zero-order chi connectivity index (χ0) is 22.7. The lowest BCUT2D eigenvalue weighted by Crippen LogP contribution is -2.40. The zero-order valence-electron chi connectivity index (χ0n) is 18.3. The van der Waals surface area contributed by atoms with Gasteiger partial charge in [-0.05, 0) is 29.7 Å². The minimum absolute atomic E-state index is 0.124. The summed E-state index contributed by atoms with van der Waals surface area (Å²) >= 11 is 1.05. The molecule has 32 heavy (non-hydrogen) atoms. The van der Waals surface area contributed by atoms with Crippen LogP contribution >= 0.6 is 11.7 Å². The van der Waals surface area contributed by atoms with Gasteiger partial charge in [0.2, 0.25) is 0 Å². The second kappa shape index (κ2) is 9.17. The topological polar surface area (TPSA) is 113 Å². The third kappa shape index (κ3) is 4.71. The SMILES string of the molecule is CC(C)(C)[C@@H](Nc1nsnc1Nc1cccc(C(=O)N2CCOCC2)c1O)c1ccco1. The van der Waals surface area contributed by atoms with E-state index in [4.69, 9.17) is 9.15 Å². The summed E-state index contributed by atoms with van der Waals surface area (Å²) in [7, 11) is 0. The molecule has 0 unspecified atom stereocenters. The molecule has 0 aliphatic carbocycles. The van der Waals surface area contributed by atoms with Gasteiger partial charge in [-0.2, -0.15) is 8.75 Å². The van der Waals surface area contributed by atoms with E-state index in [9.17, 15) is 9.90 Å². The third-order valence-electron chi connectivity index (χ3n) is 5.28. The number of rotatable bonds is 6. The summed E-state index contributed by atoms with van der Waals surface area (Å²) in [5.41, 5.74) is 0.452. The number of aromatic hydroxyl groups is 1. The first-order chi connectivity index (χ1) is 15.3. The Kier molecular flexibility index (Phi) is 6.33. The van der Waals surface area contributed by atoms with Crippen molar-refractivity contribution in [2.24, 2.45) is 5.41 Å². The minimum atomic E-state index is -0.227. The van der Waals surface area contributed by atoms with Crippen LogP contribution in [0.15, 0.2) is 41.0 Å². The Morgan fingerprint density at radius 3 is 2.59 bits per heavy atom. The number of carbonyl (C=O) groups is 1. The van der Waals surface area contributed by atoms with Crippen LogP contribution in [0.25, 0.3) is 0 Å². The van der Waals surface area contributed by atoms with E-state index < -0.39 is 0 Å². The Bertz CT molecular complexity index is 1050. The van der Waals surface area contributed by atoms with Gasteiger partial charge in [0.15, 0.2) is 17.4 Å². The first kappa shape index (κ1) is 22.1. The average molecular weight is 458 g/mol. The number of hydrogen-bond donors (Lipinski definition) is 3. The number of amides is 1. The van der Waals surface area contributed by atoms with Gasteiger partial charge in [-0.25, -0.2) is 0 Å². The second-order valence-electron chi connectivity index (χ2n) is 8.65. The van der Waals surface area contributed by atoms with Gasteiger partial charge in [0.25, 0.3) is 5.91 Å². The van der Waals surface area contributed by atoms with Crippen molar-refractivity contribution in [2.45, 2.75) is 26.8 Å². The fourth-order valence-corrected chi connectivity index (χ4v) is 4.03. The van der Waals surface area contributed by atoms with Crippen LogP contribution in [0.1, 0.15) is 42.9 Å². The van der Waals surface area contributed by atoms with Gasteiger partial charge >= 0.3 is 0 Å².